The highest BCUT2D eigenvalue weighted by atomic mass is 127. The number of nitrogens with zero attached hydrogens (tertiary/aromatic N) is 2. The van der Waals surface area contributed by atoms with Gasteiger partial charge in [-0.1, -0.05) is 0 Å². The van der Waals surface area contributed by atoms with E-state index in [4.69, 9.17) is 9.47 Å². The van der Waals surface area contributed by atoms with Crippen molar-refractivity contribution in [3.05, 3.63) is 0 Å². The molecule has 0 aromatic carbocycles. The largest absolute Gasteiger partial charge is 0.444 e. The Labute approximate surface area is 169 Å². The molecule has 0 aromatic heterocycles. The number of ether oxygens (including phenoxy) is 2. The molecule has 0 saturated heterocycles. The second-order valence-electron chi connectivity index (χ2n) is 7.17. The van der Waals surface area contributed by atoms with Gasteiger partial charge in [-0.05, 0) is 47.5 Å². The van der Waals surface area contributed by atoms with Gasteiger partial charge in [-0.2, -0.15) is 0 Å². The molecule has 25 heavy (non-hydrogen) atoms. The molecule has 1 unspecified atom stereocenters. The van der Waals surface area contributed by atoms with E-state index in [1.807, 2.05) is 34.6 Å². The van der Waals surface area contributed by atoms with Crippen molar-refractivity contribution >= 4 is 36.0 Å². The predicted octanol–water partition coefficient (Wildman–Crippen LogP) is 2.59. The zero-order valence-corrected chi connectivity index (χ0v) is 18.8. The van der Waals surface area contributed by atoms with Crippen molar-refractivity contribution in [2.45, 2.75) is 65.1 Å². The van der Waals surface area contributed by atoms with Gasteiger partial charge in [-0.15, -0.1) is 24.0 Å². The molecule has 1 atom stereocenters. The van der Waals surface area contributed by atoms with Crippen molar-refractivity contribution < 1.29 is 14.3 Å². The number of amides is 1. The number of rotatable bonds is 8. The maximum Gasteiger partial charge on any atom is 0.410 e. The van der Waals surface area contributed by atoms with E-state index in [-0.39, 0.29) is 36.1 Å². The summed E-state index contributed by atoms with van der Waals surface area (Å²) >= 11 is 0. The smallest absolute Gasteiger partial charge is 0.410 e. The van der Waals surface area contributed by atoms with Crippen molar-refractivity contribution in [2.24, 2.45) is 4.99 Å². The number of hydrogen-bond donors (Lipinski definition) is 2. The summed E-state index contributed by atoms with van der Waals surface area (Å²) in [4.78, 5) is 18.7. The number of methoxy groups -OCH3 is 1. The molecular weight excluding hydrogens is 435 g/mol. The maximum absolute atomic E-state index is 12.3. The van der Waals surface area contributed by atoms with Gasteiger partial charge < -0.3 is 25.0 Å². The van der Waals surface area contributed by atoms with Crippen molar-refractivity contribution in [3.8, 4) is 0 Å². The van der Waals surface area contributed by atoms with E-state index >= 15 is 0 Å². The average molecular weight is 470 g/mol. The van der Waals surface area contributed by atoms with Crippen LogP contribution in [0.1, 0.15) is 47.5 Å². The summed E-state index contributed by atoms with van der Waals surface area (Å²) in [6.07, 6.45) is 1.85. The van der Waals surface area contributed by atoms with Crippen LogP contribution in [0, 0.1) is 0 Å². The van der Waals surface area contributed by atoms with E-state index in [9.17, 15) is 4.79 Å². The van der Waals surface area contributed by atoms with E-state index in [2.05, 4.69) is 15.6 Å². The Kier molecular flexibility index (Phi) is 11.4. The fraction of sp³-hybridized carbons (Fsp3) is 0.882. The Hall–Kier alpha value is -0.770. The van der Waals surface area contributed by atoms with Crippen LogP contribution in [0.3, 0.4) is 0 Å². The minimum atomic E-state index is -0.473. The van der Waals surface area contributed by atoms with Crippen LogP contribution in [0.2, 0.25) is 0 Å². The van der Waals surface area contributed by atoms with Gasteiger partial charge in [0.25, 0.3) is 0 Å². The molecule has 148 valence electrons. The van der Waals surface area contributed by atoms with E-state index < -0.39 is 5.60 Å². The van der Waals surface area contributed by atoms with Crippen LogP contribution in [-0.4, -0.2) is 68.0 Å². The monoisotopic (exact) mass is 470 g/mol. The molecule has 2 N–H and O–H groups in total. The van der Waals surface area contributed by atoms with Crippen LogP contribution in [0.4, 0.5) is 4.79 Å². The Bertz CT molecular complexity index is 423. The molecule has 8 heteroatoms. The Balaban J connectivity index is 0.00000576. The molecule has 0 aromatic rings. The van der Waals surface area contributed by atoms with E-state index in [1.165, 1.54) is 0 Å². The van der Waals surface area contributed by atoms with E-state index in [0.717, 1.165) is 25.3 Å². The van der Waals surface area contributed by atoms with Crippen LogP contribution >= 0.6 is 24.0 Å². The van der Waals surface area contributed by atoms with Gasteiger partial charge in [0.1, 0.15) is 5.60 Å². The Morgan fingerprint density at radius 2 is 2.00 bits per heavy atom. The molecule has 0 spiro atoms. The van der Waals surface area contributed by atoms with Gasteiger partial charge in [0, 0.05) is 32.3 Å². The SMILES string of the molecule is CCNC(=NCCN(C(=O)OC(C)(C)C)C1CC1)NC(C)COC.I. The van der Waals surface area contributed by atoms with Gasteiger partial charge in [-0.3, -0.25) is 4.99 Å². The third-order valence-corrected chi connectivity index (χ3v) is 3.37. The zero-order valence-electron chi connectivity index (χ0n) is 16.4. The summed E-state index contributed by atoms with van der Waals surface area (Å²) in [6, 6.07) is 0.469. The summed E-state index contributed by atoms with van der Waals surface area (Å²) in [7, 11) is 1.68. The molecule has 1 saturated carbocycles. The number of guanidine groups is 1. The lowest BCUT2D eigenvalue weighted by Crippen LogP contribution is -2.44. The predicted molar refractivity (Wildman–Crippen MR) is 112 cm³/mol. The number of hydrogen-bond acceptors (Lipinski definition) is 4. The summed E-state index contributed by atoms with van der Waals surface area (Å²) in [5.74, 6) is 0.738. The topological polar surface area (TPSA) is 75.2 Å². The van der Waals surface area contributed by atoms with Crippen LogP contribution in [0.25, 0.3) is 0 Å². The van der Waals surface area contributed by atoms with Gasteiger partial charge in [0.2, 0.25) is 0 Å². The molecule has 1 aliphatic rings. The third kappa shape index (κ3) is 10.7. The molecule has 7 nitrogen and oxygen atoms in total. The average Bonchev–Trinajstić information content (AvgIpc) is 3.26. The van der Waals surface area contributed by atoms with E-state index in [0.29, 0.717) is 25.7 Å². The molecule has 1 fully saturated rings. The third-order valence-electron chi connectivity index (χ3n) is 3.37. The summed E-state index contributed by atoms with van der Waals surface area (Å²) < 4.78 is 10.6. The summed E-state index contributed by atoms with van der Waals surface area (Å²) in [6.45, 7) is 12.2. The minimum Gasteiger partial charge on any atom is -0.444 e. The Morgan fingerprint density at radius 1 is 1.36 bits per heavy atom. The van der Waals surface area contributed by atoms with Crippen molar-refractivity contribution in [1.29, 1.82) is 0 Å². The van der Waals surface area contributed by atoms with Crippen LogP contribution < -0.4 is 10.6 Å². The number of carbonyl (C=O) groups is 1. The Morgan fingerprint density at radius 3 is 2.48 bits per heavy atom. The fourth-order valence-electron chi connectivity index (χ4n) is 2.24. The normalized spacial score (nSPS) is 15.8. The van der Waals surface area contributed by atoms with Crippen molar-refractivity contribution in [1.82, 2.24) is 15.5 Å². The van der Waals surface area contributed by atoms with Crippen LogP contribution in [0.5, 0.6) is 0 Å². The van der Waals surface area contributed by atoms with Crippen LogP contribution in [-0.2, 0) is 9.47 Å². The minimum absolute atomic E-state index is 0. The maximum atomic E-state index is 12.3. The number of halogens is 1. The number of aliphatic imine (C=N–C) groups is 1. The lowest BCUT2D eigenvalue weighted by Gasteiger charge is -2.27. The quantitative estimate of drug-likeness (QED) is 0.324. The first-order valence-electron chi connectivity index (χ1n) is 8.80. The first kappa shape index (κ1) is 24.2. The first-order valence-corrected chi connectivity index (χ1v) is 8.80. The molecule has 1 aliphatic carbocycles. The standard InChI is InChI=1S/C17H34N4O3.HI/c1-7-18-15(20-13(2)12-23-6)19-10-11-21(14-8-9-14)16(22)24-17(3,4)5;/h13-14H,7-12H2,1-6H3,(H2,18,19,20);1H. The van der Waals surface area contributed by atoms with Crippen molar-refractivity contribution in [2.75, 3.05) is 33.4 Å². The summed E-state index contributed by atoms with van der Waals surface area (Å²) in [5, 5.41) is 6.49. The molecule has 0 radical (unpaired) electrons. The second kappa shape index (κ2) is 11.8. The first-order chi connectivity index (χ1) is 11.3. The van der Waals surface area contributed by atoms with Gasteiger partial charge in [-0.25, -0.2) is 4.79 Å². The lowest BCUT2D eigenvalue weighted by molar-refractivity contribution is 0.0240. The van der Waals surface area contributed by atoms with Gasteiger partial charge in [0.05, 0.1) is 13.2 Å². The molecular formula is C17H35IN4O3. The molecule has 0 bridgehead atoms. The van der Waals surface area contributed by atoms with Gasteiger partial charge in [0.15, 0.2) is 5.96 Å². The number of carbonyl (C=O) groups excluding carboxylic acids is 1. The molecule has 0 heterocycles. The molecule has 1 amide bonds. The fourth-order valence-corrected chi connectivity index (χ4v) is 2.24. The zero-order chi connectivity index (χ0) is 18.2. The number of nitrogens with one attached hydrogen (secondary N) is 2. The van der Waals surface area contributed by atoms with Crippen molar-refractivity contribution in [3.63, 3.8) is 0 Å². The summed E-state index contributed by atoms with van der Waals surface area (Å²) in [5.41, 5.74) is -0.473. The van der Waals surface area contributed by atoms with E-state index in [1.54, 1.807) is 12.0 Å². The van der Waals surface area contributed by atoms with Crippen LogP contribution in [0.15, 0.2) is 4.99 Å². The highest BCUT2D eigenvalue weighted by Crippen LogP contribution is 2.28. The lowest BCUT2D eigenvalue weighted by atomic mass is 10.2. The second-order valence-corrected chi connectivity index (χ2v) is 7.17. The highest BCUT2D eigenvalue weighted by molar-refractivity contribution is 14.0. The molecule has 1 rings (SSSR count). The van der Waals surface area contributed by atoms with Gasteiger partial charge >= 0.3 is 6.09 Å². The highest BCUT2D eigenvalue weighted by Gasteiger charge is 2.34. The molecule has 0 aliphatic heterocycles.